The van der Waals surface area contributed by atoms with Gasteiger partial charge in [0, 0.05) is 24.7 Å². The second kappa shape index (κ2) is 4.72. The van der Waals surface area contributed by atoms with Gasteiger partial charge in [-0.3, -0.25) is 0 Å². The van der Waals surface area contributed by atoms with Crippen LogP contribution in [-0.2, 0) is 10.0 Å². The number of sulfonamides is 1. The zero-order valence-electron chi connectivity index (χ0n) is 10.1. The van der Waals surface area contributed by atoms with Crippen molar-refractivity contribution in [2.24, 2.45) is 5.14 Å². The smallest absolute Gasteiger partial charge is 0.247 e. The second-order valence-corrected chi connectivity index (χ2v) is 6.98. The summed E-state index contributed by atoms with van der Waals surface area (Å²) in [5.41, 5.74) is 2.09. The van der Waals surface area contributed by atoms with Gasteiger partial charge in [-0.05, 0) is 29.8 Å². The van der Waals surface area contributed by atoms with Crippen molar-refractivity contribution in [3.63, 3.8) is 0 Å². The largest absolute Gasteiger partial charge is 0.378 e. The van der Waals surface area contributed by atoms with Gasteiger partial charge in [0.2, 0.25) is 10.0 Å². The van der Waals surface area contributed by atoms with E-state index in [-0.39, 0.29) is 4.21 Å². The first kappa shape index (κ1) is 13.1. The molecule has 1 aromatic heterocycles. The van der Waals surface area contributed by atoms with Crippen LogP contribution < -0.4 is 10.0 Å². The molecule has 2 aromatic rings. The average Bonchev–Trinajstić information content (AvgIpc) is 2.78. The summed E-state index contributed by atoms with van der Waals surface area (Å²) in [6, 6.07) is 11.2. The highest BCUT2D eigenvalue weighted by Crippen LogP contribution is 2.31. The summed E-state index contributed by atoms with van der Waals surface area (Å²) in [5, 5.41) is 5.09. The van der Waals surface area contributed by atoms with Crippen molar-refractivity contribution in [3.8, 4) is 10.4 Å². The number of hydrogen-bond acceptors (Lipinski definition) is 4. The summed E-state index contributed by atoms with van der Waals surface area (Å²) >= 11 is 1.18. The number of nitrogens with zero attached hydrogens (tertiary/aromatic N) is 1. The molecule has 4 nitrogen and oxygen atoms in total. The predicted molar refractivity (Wildman–Crippen MR) is 75.5 cm³/mol. The molecule has 1 heterocycles. The van der Waals surface area contributed by atoms with E-state index in [9.17, 15) is 8.42 Å². The Hall–Kier alpha value is -1.37. The molecule has 2 N–H and O–H groups in total. The fourth-order valence-corrected chi connectivity index (χ4v) is 3.29. The van der Waals surface area contributed by atoms with E-state index >= 15 is 0 Å². The fourth-order valence-electron chi connectivity index (χ4n) is 1.55. The number of primary sulfonamides is 1. The lowest BCUT2D eigenvalue weighted by molar-refractivity contribution is 0.600. The van der Waals surface area contributed by atoms with Gasteiger partial charge in [-0.1, -0.05) is 12.1 Å². The Labute approximate surface area is 111 Å². The molecule has 2 rings (SSSR count). The molecule has 0 aliphatic carbocycles. The number of hydrogen-bond donors (Lipinski definition) is 1. The zero-order valence-corrected chi connectivity index (χ0v) is 11.8. The zero-order chi connectivity index (χ0) is 13.3. The van der Waals surface area contributed by atoms with Crippen LogP contribution in [0.4, 0.5) is 5.69 Å². The highest BCUT2D eigenvalue weighted by Gasteiger charge is 2.12. The minimum absolute atomic E-state index is 0.189. The number of thiophene rings is 1. The maximum absolute atomic E-state index is 11.2. The molecule has 0 spiro atoms. The predicted octanol–water partition coefficient (Wildman–Crippen LogP) is 2.13. The highest BCUT2D eigenvalue weighted by molar-refractivity contribution is 7.91. The van der Waals surface area contributed by atoms with Crippen molar-refractivity contribution in [2.45, 2.75) is 4.21 Å². The van der Waals surface area contributed by atoms with Gasteiger partial charge in [0.25, 0.3) is 0 Å². The lowest BCUT2D eigenvalue weighted by atomic mass is 10.2. The average molecular weight is 282 g/mol. The minimum atomic E-state index is -3.60. The van der Waals surface area contributed by atoms with Gasteiger partial charge in [0.15, 0.2) is 0 Å². The standard InChI is InChI=1S/C12H14N2O2S2/c1-14(2)10-5-3-9(4-6-10)11-7-8-12(17-11)18(13,15)16/h3-8H,1-2H3,(H2,13,15,16). The van der Waals surface area contributed by atoms with Gasteiger partial charge in [0.1, 0.15) is 4.21 Å². The molecule has 0 aliphatic rings. The Morgan fingerprint density at radius 2 is 1.67 bits per heavy atom. The van der Waals surface area contributed by atoms with Crippen LogP contribution >= 0.6 is 11.3 Å². The number of rotatable bonds is 3. The van der Waals surface area contributed by atoms with Crippen LogP contribution in [0.3, 0.4) is 0 Å². The normalized spacial score (nSPS) is 11.5. The quantitative estimate of drug-likeness (QED) is 0.938. The maximum Gasteiger partial charge on any atom is 0.247 e. The Morgan fingerprint density at radius 1 is 1.06 bits per heavy atom. The second-order valence-electron chi connectivity index (χ2n) is 4.10. The third-order valence-electron chi connectivity index (χ3n) is 2.53. The molecule has 0 radical (unpaired) electrons. The molecule has 0 saturated heterocycles. The maximum atomic E-state index is 11.2. The van der Waals surface area contributed by atoms with Gasteiger partial charge in [-0.15, -0.1) is 11.3 Å². The van der Waals surface area contributed by atoms with E-state index in [2.05, 4.69) is 0 Å². The number of benzene rings is 1. The lowest BCUT2D eigenvalue weighted by Crippen LogP contribution is -2.09. The third-order valence-corrected chi connectivity index (χ3v) is 5.10. The fraction of sp³-hybridized carbons (Fsp3) is 0.167. The van der Waals surface area contributed by atoms with E-state index in [0.29, 0.717) is 0 Å². The van der Waals surface area contributed by atoms with Crippen molar-refractivity contribution < 1.29 is 8.42 Å². The molecule has 6 heteroatoms. The van der Waals surface area contributed by atoms with Gasteiger partial charge < -0.3 is 4.90 Å². The van der Waals surface area contributed by atoms with Gasteiger partial charge in [-0.25, -0.2) is 13.6 Å². The monoisotopic (exact) mass is 282 g/mol. The lowest BCUT2D eigenvalue weighted by Gasteiger charge is -2.12. The highest BCUT2D eigenvalue weighted by atomic mass is 32.2. The van der Waals surface area contributed by atoms with Crippen molar-refractivity contribution in [2.75, 3.05) is 19.0 Å². The van der Waals surface area contributed by atoms with Crippen LogP contribution in [0.2, 0.25) is 0 Å². The summed E-state index contributed by atoms with van der Waals surface area (Å²) in [6.45, 7) is 0. The van der Waals surface area contributed by atoms with Crippen molar-refractivity contribution in [3.05, 3.63) is 36.4 Å². The molecule has 0 amide bonds. The van der Waals surface area contributed by atoms with E-state index in [0.717, 1.165) is 16.1 Å². The molecule has 18 heavy (non-hydrogen) atoms. The summed E-state index contributed by atoms with van der Waals surface area (Å²) in [7, 11) is 0.342. The first-order chi connectivity index (χ1) is 8.38. The molecule has 0 atom stereocenters. The molecule has 0 fully saturated rings. The molecule has 0 aliphatic heterocycles. The Balaban J connectivity index is 2.35. The number of nitrogens with two attached hydrogens (primary N) is 1. The van der Waals surface area contributed by atoms with Gasteiger partial charge >= 0.3 is 0 Å². The van der Waals surface area contributed by atoms with Crippen LogP contribution in [0.25, 0.3) is 10.4 Å². The first-order valence-electron chi connectivity index (χ1n) is 5.28. The molecule has 0 saturated carbocycles. The Morgan fingerprint density at radius 3 is 2.11 bits per heavy atom. The van der Waals surface area contributed by atoms with E-state index in [4.69, 9.17) is 5.14 Å². The van der Waals surface area contributed by atoms with Gasteiger partial charge in [0.05, 0.1) is 0 Å². The van der Waals surface area contributed by atoms with Crippen LogP contribution in [0.5, 0.6) is 0 Å². The molecular formula is C12H14N2O2S2. The van der Waals surface area contributed by atoms with Crippen molar-refractivity contribution in [1.82, 2.24) is 0 Å². The van der Waals surface area contributed by atoms with Crippen molar-refractivity contribution >= 4 is 27.0 Å². The first-order valence-corrected chi connectivity index (χ1v) is 7.64. The SMILES string of the molecule is CN(C)c1ccc(-c2ccc(S(N)(=O)=O)s2)cc1. The van der Waals surface area contributed by atoms with Crippen molar-refractivity contribution in [1.29, 1.82) is 0 Å². The molecule has 1 aromatic carbocycles. The summed E-state index contributed by atoms with van der Waals surface area (Å²) in [5.74, 6) is 0. The van der Waals surface area contributed by atoms with E-state index < -0.39 is 10.0 Å². The van der Waals surface area contributed by atoms with E-state index in [1.807, 2.05) is 43.3 Å². The summed E-state index contributed by atoms with van der Waals surface area (Å²) < 4.78 is 22.6. The number of anilines is 1. The summed E-state index contributed by atoms with van der Waals surface area (Å²) in [6.07, 6.45) is 0. The molecule has 0 bridgehead atoms. The molecule has 0 unspecified atom stereocenters. The van der Waals surface area contributed by atoms with E-state index in [1.165, 1.54) is 17.4 Å². The topological polar surface area (TPSA) is 63.4 Å². The van der Waals surface area contributed by atoms with Crippen LogP contribution in [0.15, 0.2) is 40.6 Å². The molecular weight excluding hydrogens is 268 g/mol. The van der Waals surface area contributed by atoms with Crippen LogP contribution in [0.1, 0.15) is 0 Å². The summed E-state index contributed by atoms with van der Waals surface area (Å²) in [4.78, 5) is 2.90. The van der Waals surface area contributed by atoms with E-state index in [1.54, 1.807) is 6.07 Å². The van der Waals surface area contributed by atoms with Crippen LogP contribution in [0, 0.1) is 0 Å². The Bertz CT molecular complexity index is 643. The Kier molecular flexibility index (Phi) is 3.43. The minimum Gasteiger partial charge on any atom is -0.378 e. The molecule has 96 valence electrons. The van der Waals surface area contributed by atoms with Gasteiger partial charge in [-0.2, -0.15) is 0 Å². The van der Waals surface area contributed by atoms with Crippen LogP contribution in [-0.4, -0.2) is 22.5 Å². The third kappa shape index (κ3) is 2.72.